The van der Waals surface area contributed by atoms with E-state index in [1.807, 2.05) is 24.3 Å². The number of phenolic OH excluding ortho intramolecular Hbond substituents is 2. The number of likely N-dealkylation sites (N-methyl/N-ethyl adjacent to an activating group) is 2. The number of rotatable bonds is 9. The van der Waals surface area contributed by atoms with Crippen LogP contribution in [0.2, 0.25) is 0 Å². The quantitative estimate of drug-likeness (QED) is 0.232. The van der Waals surface area contributed by atoms with Gasteiger partial charge < -0.3 is 29.2 Å². The highest BCUT2D eigenvalue weighted by Gasteiger charge is 2.29. The molecule has 0 aliphatic carbocycles. The zero-order chi connectivity index (χ0) is 36.2. The molecule has 0 radical (unpaired) electrons. The Morgan fingerprint density at radius 3 is 1.60 bits per heavy atom. The van der Waals surface area contributed by atoms with E-state index in [9.17, 15) is 10.2 Å². The highest BCUT2D eigenvalue weighted by Crippen LogP contribution is 2.44. The van der Waals surface area contributed by atoms with Gasteiger partial charge in [-0.25, -0.2) is 0 Å². The fourth-order valence-electron chi connectivity index (χ4n) is 6.72. The van der Waals surface area contributed by atoms with Crippen LogP contribution in [0.15, 0.2) is 66.7 Å². The molecule has 0 aromatic heterocycles. The number of phenols is 2. The van der Waals surface area contributed by atoms with Crippen LogP contribution in [0.4, 0.5) is 0 Å². The number of aromatic hydroxyl groups is 2. The minimum atomic E-state index is -4.69. The first kappa shape index (κ1) is 37.0. The van der Waals surface area contributed by atoms with Crippen molar-refractivity contribution in [2.75, 3.05) is 48.5 Å². The molecule has 0 spiro atoms. The molecule has 4 aromatic carbocycles. The molecule has 0 saturated heterocycles. The maximum atomic E-state index is 10.9. The van der Waals surface area contributed by atoms with Crippen LogP contribution in [-0.4, -0.2) is 73.2 Å². The summed E-state index contributed by atoms with van der Waals surface area (Å²) in [4.78, 5) is 4.71. The predicted octanol–water partition coefficient (Wildman–Crippen LogP) is 2.34. The topological polar surface area (TPSA) is 173 Å². The number of nitrogens with zero attached hydrogens (tertiary/aromatic N) is 2. The monoisotopic (exact) mass is 710 g/mol. The van der Waals surface area contributed by atoms with Crippen LogP contribution in [-0.2, 0) is 25.7 Å². The van der Waals surface area contributed by atoms with Gasteiger partial charge in [-0.05, 0) is 122 Å². The normalized spacial score (nSPS) is 17.5. The Balaban J connectivity index is 0.000000908. The van der Waals surface area contributed by atoms with E-state index < -0.39 is 10.2 Å². The van der Waals surface area contributed by atoms with E-state index in [1.54, 1.807) is 39.5 Å². The highest BCUT2D eigenvalue weighted by atomic mass is 35.7. The predicted molar refractivity (Wildman–Crippen MR) is 177 cm³/mol. The van der Waals surface area contributed by atoms with Crippen molar-refractivity contribution in [1.82, 2.24) is 9.80 Å². The molecule has 0 bridgehead atoms. The zero-order valence-electron chi connectivity index (χ0n) is 28.7. The maximum absolute atomic E-state index is 10.9. The van der Waals surface area contributed by atoms with Crippen LogP contribution in [0.5, 0.6) is 40.2 Å². The number of methoxy groups -OCH3 is 3. The van der Waals surface area contributed by atoms with Gasteiger partial charge in [-0.3, -0.25) is 9.80 Å². The molecule has 0 saturated carbocycles. The van der Waals surface area contributed by atoms with Gasteiger partial charge in [0.15, 0.2) is 34.5 Å². The SMILES string of the molecule is COc1cc2c(cc1OC)C(Cc1ccc(O)c(Oc3cc4c(cc3OC)CCN(C)C4Cc3ccc(O)cc3)c1)N(C)CC2.[O-][Cl+3]([O-])([O-])O. The molecule has 6 rings (SSSR count). The average Bonchev–Trinajstić information content (AvgIpc) is 3.08. The van der Waals surface area contributed by atoms with E-state index in [-0.39, 0.29) is 23.6 Å². The standard InChI is InChI=1S/C37H42N2O6.ClHO4/c1-38-14-13-26-20-35(43-4)37(22-29(26)30(38)16-23-6-9-27(40)10-7-23)45-33-18-24(8-11-32(33)41)17-31-28-21-36(44-5)34(42-3)19-25(28)12-15-39(31)2;2-1(3,4)5/h6-11,18-22,30-31,40-41H,12-17H2,1-5H3;(H,2,3,4,5). The zero-order valence-corrected chi connectivity index (χ0v) is 29.5. The lowest BCUT2D eigenvalue weighted by molar-refractivity contribution is -1.92. The summed E-state index contributed by atoms with van der Waals surface area (Å²) in [6, 6.07) is 21.6. The second kappa shape index (κ2) is 15.7. The Labute approximate surface area is 294 Å². The van der Waals surface area contributed by atoms with E-state index in [4.69, 9.17) is 37.6 Å². The Morgan fingerprint density at radius 2 is 1.08 bits per heavy atom. The lowest BCUT2D eigenvalue weighted by atomic mass is 9.88. The van der Waals surface area contributed by atoms with Crippen molar-refractivity contribution in [3.63, 3.8) is 0 Å². The van der Waals surface area contributed by atoms with Crippen LogP contribution in [0.25, 0.3) is 0 Å². The van der Waals surface area contributed by atoms with E-state index in [0.717, 1.165) is 61.4 Å². The van der Waals surface area contributed by atoms with E-state index in [0.29, 0.717) is 17.2 Å². The number of hydrogen-bond acceptors (Lipinski definition) is 12. The maximum Gasteiger partial charge on any atom is 0.169 e. The Hall–Kier alpha value is -4.27. The molecule has 2 aliphatic rings. The largest absolute Gasteiger partial charge is 0.508 e. The van der Waals surface area contributed by atoms with Crippen molar-refractivity contribution in [3.8, 4) is 40.2 Å². The van der Waals surface area contributed by atoms with Gasteiger partial charge in [0.2, 0.25) is 0 Å². The molecule has 50 heavy (non-hydrogen) atoms. The molecule has 268 valence electrons. The van der Waals surface area contributed by atoms with Crippen LogP contribution >= 0.6 is 0 Å². The van der Waals surface area contributed by atoms with Gasteiger partial charge in [0.05, 0.1) is 36.2 Å². The third kappa shape index (κ3) is 8.90. The molecule has 13 heteroatoms. The third-order valence-corrected chi connectivity index (χ3v) is 9.36. The van der Waals surface area contributed by atoms with Gasteiger partial charge in [-0.2, -0.15) is 14.0 Å². The number of hydrogen-bond donors (Lipinski definition) is 3. The first-order valence-corrected chi connectivity index (χ1v) is 17.3. The molecule has 0 amide bonds. The van der Waals surface area contributed by atoms with Gasteiger partial charge in [-0.15, -0.1) is 0 Å². The third-order valence-electron chi connectivity index (χ3n) is 9.36. The van der Waals surface area contributed by atoms with Crippen molar-refractivity contribution < 1.29 is 58.0 Å². The summed E-state index contributed by atoms with van der Waals surface area (Å²) in [6.07, 6.45) is 3.37. The molecule has 2 unspecified atom stereocenters. The minimum Gasteiger partial charge on any atom is -0.508 e. The van der Waals surface area contributed by atoms with Crippen LogP contribution in [0.1, 0.15) is 45.5 Å². The summed E-state index contributed by atoms with van der Waals surface area (Å²) in [5, 5.41) is 20.7. The summed E-state index contributed by atoms with van der Waals surface area (Å²) in [5.41, 5.74) is 7.07. The summed E-state index contributed by atoms with van der Waals surface area (Å²) in [6.45, 7) is 1.86. The molecule has 2 heterocycles. The summed E-state index contributed by atoms with van der Waals surface area (Å²) in [7, 11) is 4.57. The van der Waals surface area contributed by atoms with E-state index >= 15 is 0 Å². The number of halogens is 1. The van der Waals surface area contributed by atoms with Crippen LogP contribution < -0.4 is 32.9 Å². The molecule has 4 aromatic rings. The van der Waals surface area contributed by atoms with E-state index in [1.165, 1.54) is 22.3 Å². The van der Waals surface area contributed by atoms with Crippen molar-refractivity contribution in [2.24, 2.45) is 0 Å². The van der Waals surface area contributed by atoms with E-state index in [2.05, 4.69) is 48.2 Å². The number of ether oxygens (including phenoxy) is 4. The summed E-state index contributed by atoms with van der Waals surface area (Å²) >= 11 is 0. The first-order chi connectivity index (χ1) is 23.8. The molecule has 12 nitrogen and oxygen atoms in total. The van der Waals surface area contributed by atoms with Gasteiger partial charge in [-0.1, -0.05) is 18.2 Å². The Morgan fingerprint density at radius 1 is 0.640 bits per heavy atom. The molecule has 2 aliphatic heterocycles. The highest BCUT2D eigenvalue weighted by molar-refractivity contribution is 5.54. The van der Waals surface area contributed by atoms with Gasteiger partial charge in [0, 0.05) is 25.2 Å². The number of fused-ring (bicyclic) bond motifs is 2. The molecular formula is C37H43ClN2O10. The number of benzene rings is 4. The lowest BCUT2D eigenvalue weighted by Crippen LogP contribution is -2.58. The Bertz CT molecular complexity index is 1770. The van der Waals surface area contributed by atoms with Crippen molar-refractivity contribution in [2.45, 2.75) is 37.8 Å². The molecule has 2 atom stereocenters. The lowest BCUT2D eigenvalue weighted by Gasteiger charge is -2.35. The minimum absolute atomic E-state index is 0.0695. The summed E-state index contributed by atoms with van der Waals surface area (Å²) < 4.78 is 56.2. The second-order valence-electron chi connectivity index (χ2n) is 12.5. The van der Waals surface area contributed by atoms with Crippen molar-refractivity contribution in [3.05, 3.63) is 100 Å². The van der Waals surface area contributed by atoms with Crippen molar-refractivity contribution in [1.29, 1.82) is 0 Å². The second-order valence-corrected chi connectivity index (χ2v) is 13.3. The molecule has 0 fully saturated rings. The fraction of sp³-hybridized carbons (Fsp3) is 0.351. The van der Waals surface area contributed by atoms with Crippen LogP contribution in [0.3, 0.4) is 0 Å². The van der Waals surface area contributed by atoms with Gasteiger partial charge in [0.25, 0.3) is 0 Å². The summed E-state index contributed by atoms with van der Waals surface area (Å²) in [5.74, 6) is 3.38. The smallest absolute Gasteiger partial charge is 0.169 e. The fourth-order valence-corrected chi connectivity index (χ4v) is 6.72. The van der Waals surface area contributed by atoms with Gasteiger partial charge in [0.1, 0.15) is 5.75 Å². The average molecular weight is 711 g/mol. The Kier molecular flexibility index (Phi) is 11.6. The van der Waals surface area contributed by atoms with Gasteiger partial charge >= 0.3 is 0 Å². The van der Waals surface area contributed by atoms with Crippen LogP contribution in [0, 0.1) is 10.2 Å². The molecular weight excluding hydrogens is 668 g/mol. The molecule has 3 N–H and O–H groups in total. The van der Waals surface area contributed by atoms with Crippen molar-refractivity contribution >= 4 is 0 Å². The first-order valence-electron chi connectivity index (χ1n) is 16.0.